The summed E-state index contributed by atoms with van der Waals surface area (Å²) in [5, 5.41) is 21.9. The SMILES string of the molecule is CNc1cc(/C(=C/CNCc2cccc(I)c2)c2cnn(Cc3cccc(C)c3)c2)c2nnn(C(c3ccccc3)(c3ccccc3)c3ccccc3)c2n1. The second-order valence-corrected chi connectivity index (χ2v) is 14.8. The van der Waals surface area contributed by atoms with Crippen LogP contribution in [0.3, 0.4) is 0 Å². The molecule has 0 fully saturated rings. The summed E-state index contributed by atoms with van der Waals surface area (Å²) in [4.78, 5) is 5.21. The molecule has 0 saturated heterocycles. The van der Waals surface area contributed by atoms with Crippen LogP contribution < -0.4 is 10.6 Å². The number of aryl methyl sites for hydroxylation is 1. The summed E-state index contributed by atoms with van der Waals surface area (Å²) in [5.41, 5.74) is 10.2. The van der Waals surface area contributed by atoms with Crippen LogP contribution in [0.2, 0.25) is 0 Å². The molecule has 0 unspecified atom stereocenters. The molecule has 0 saturated carbocycles. The zero-order valence-corrected chi connectivity index (χ0v) is 32.9. The van der Waals surface area contributed by atoms with E-state index in [1.165, 1.54) is 20.3 Å². The first-order chi connectivity index (χ1) is 27.0. The van der Waals surface area contributed by atoms with Crippen molar-refractivity contribution in [2.75, 3.05) is 18.9 Å². The van der Waals surface area contributed by atoms with Gasteiger partial charge in [-0.3, -0.25) is 4.68 Å². The fourth-order valence-electron chi connectivity index (χ4n) is 7.37. The fraction of sp³-hybridized carbons (Fsp3) is 0.130. The number of aromatic nitrogens is 6. The molecule has 0 atom stereocenters. The van der Waals surface area contributed by atoms with Gasteiger partial charge in [0.15, 0.2) is 5.65 Å². The van der Waals surface area contributed by atoms with Crippen LogP contribution >= 0.6 is 22.6 Å². The highest BCUT2D eigenvalue weighted by Crippen LogP contribution is 2.42. The molecule has 0 aliphatic rings. The van der Waals surface area contributed by atoms with Crippen molar-refractivity contribution < 1.29 is 0 Å². The summed E-state index contributed by atoms with van der Waals surface area (Å²) in [6.07, 6.45) is 6.29. The Bertz CT molecular complexity index is 2460. The van der Waals surface area contributed by atoms with Crippen molar-refractivity contribution in [1.82, 2.24) is 35.1 Å². The minimum absolute atomic E-state index is 0.624. The highest BCUT2D eigenvalue weighted by Gasteiger charge is 2.41. The average Bonchev–Trinajstić information content (AvgIpc) is 3.87. The molecule has 5 aromatic carbocycles. The zero-order valence-electron chi connectivity index (χ0n) is 30.8. The summed E-state index contributed by atoms with van der Waals surface area (Å²) < 4.78 is 5.21. The molecular weight excluding hydrogens is 791 g/mol. The van der Waals surface area contributed by atoms with Gasteiger partial charge in [0, 0.05) is 41.0 Å². The van der Waals surface area contributed by atoms with Crippen LogP contribution in [-0.2, 0) is 18.6 Å². The number of rotatable bonds is 13. The van der Waals surface area contributed by atoms with Crippen molar-refractivity contribution in [3.8, 4) is 0 Å². The Balaban J connectivity index is 1.31. The minimum atomic E-state index is -0.882. The van der Waals surface area contributed by atoms with Crippen LogP contribution in [0.25, 0.3) is 16.7 Å². The maximum atomic E-state index is 5.21. The number of benzene rings is 5. The Labute approximate surface area is 335 Å². The van der Waals surface area contributed by atoms with Gasteiger partial charge in [-0.05, 0) is 81.1 Å². The Morgan fingerprint density at radius 1 is 0.764 bits per heavy atom. The number of pyridine rings is 1. The number of hydrogen-bond acceptors (Lipinski definition) is 6. The molecule has 0 spiro atoms. The number of halogens is 1. The molecule has 3 aromatic heterocycles. The lowest BCUT2D eigenvalue weighted by Gasteiger charge is -2.36. The molecule has 0 radical (unpaired) electrons. The summed E-state index contributed by atoms with van der Waals surface area (Å²) in [7, 11) is 1.90. The normalized spacial score (nSPS) is 11.9. The fourth-order valence-corrected chi connectivity index (χ4v) is 7.98. The van der Waals surface area contributed by atoms with Gasteiger partial charge in [-0.15, -0.1) is 5.10 Å². The molecule has 3 heterocycles. The van der Waals surface area contributed by atoms with Gasteiger partial charge in [-0.25, -0.2) is 9.67 Å². The monoisotopic (exact) mass is 832 g/mol. The number of nitrogens with zero attached hydrogens (tertiary/aromatic N) is 6. The molecule has 0 aliphatic heterocycles. The van der Waals surface area contributed by atoms with Crippen molar-refractivity contribution in [2.24, 2.45) is 0 Å². The number of anilines is 1. The lowest BCUT2D eigenvalue weighted by Crippen LogP contribution is -2.38. The van der Waals surface area contributed by atoms with Crippen molar-refractivity contribution in [1.29, 1.82) is 0 Å². The molecule has 8 aromatic rings. The van der Waals surface area contributed by atoms with E-state index in [4.69, 9.17) is 20.4 Å². The highest BCUT2D eigenvalue weighted by atomic mass is 127. The topological polar surface area (TPSA) is 85.5 Å². The first kappa shape index (κ1) is 36.1. The van der Waals surface area contributed by atoms with E-state index in [9.17, 15) is 0 Å². The summed E-state index contributed by atoms with van der Waals surface area (Å²) >= 11 is 2.36. The van der Waals surface area contributed by atoms with Crippen LogP contribution in [0.15, 0.2) is 164 Å². The quantitative estimate of drug-likeness (QED) is 0.0686. The van der Waals surface area contributed by atoms with Crippen LogP contribution in [0.4, 0.5) is 5.82 Å². The van der Waals surface area contributed by atoms with Crippen LogP contribution in [0.1, 0.15) is 44.5 Å². The lowest BCUT2D eigenvalue weighted by atomic mass is 9.77. The van der Waals surface area contributed by atoms with Crippen molar-refractivity contribution in [3.05, 3.63) is 212 Å². The summed E-state index contributed by atoms with van der Waals surface area (Å²) in [5.74, 6) is 0.707. The van der Waals surface area contributed by atoms with E-state index in [-0.39, 0.29) is 0 Å². The molecule has 272 valence electrons. The van der Waals surface area contributed by atoms with Gasteiger partial charge in [0.25, 0.3) is 0 Å². The summed E-state index contributed by atoms with van der Waals surface area (Å²) in [6, 6.07) is 50.7. The largest absolute Gasteiger partial charge is 0.373 e. The van der Waals surface area contributed by atoms with Gasteiger partial charge in [-0.2, -0.15) is 5.10 Å². The molecule has 8 rings (SSSR count). The van der Waals surface area contributed by atoms with Crippen LogP contribution in [0.5, 0.6) is 0 Å². The van der Waals surface area contributed by atoms with Gasteiger partial charge in [-0.1, -0.05) is 144 Å². The Hall–Kier alpha value is -5.91. The number of hydrogen-bond donors (Lipinski definition) is 2. The number of nitrogens with one attached hydrogen (secondary N) is 2. The molecule has 0 bridgehead atoms. The first-order valence-electron chi connectivity index (χ1n) is 18.4. The van der Waals surface area contributed by atoms with E-state index in [1.54, 1.807) is 0 Å². The predicted octanol–water partition coefficient (Wildman–Crippen LogP) is 9.09. The molecule has 2 N–H and O–H groups in total. The van der Waals surface area contributed by atoms with Gasteiger partial charge < -0.3 is 10.6 Å². The third-order valence-corrected chi connectivity index (χ3v) is 10.6. The maximum Gasteiger partial charge on any atom is 0.182 e. The van der Waals surface area contributed by atoms with Gasteiger partial charge >= 0.3 is 0 Å². The summed E-state index contributed by atoms with van der Waals surface area (Å²) in [6.45, 7) is 4.14. The zero-order chi connectivity index (χ0) is 37.6. The minimum Gasteiger partial charge on any atom is -0.373 e. The van der Waals surface area contributed by atoms with E-state index in [1.807, 2.05) is 40.8 Å². The average molecular weight is 833 g/mol. The van der Waals surface area contributed by atoms with Gasteiger partial charge in [0.05, 0.1) is 12.7 Å². The molecule has 9 heteroatoms. The molecule has 55 heavy (non-hydrogen) atoms. The second kappa shape index (κ2) is 16.2. The predicted molar refractivity (Wildman–Crippen MR) is 230 cm³/mol. The van der Waals surface area contributed by atoms with Gasteiger partial charge in [0.2, 0.25) is 0 Å². The third kappa shape index (κ3) is 7.45. The van der Waals surface area contributed by atoms with E-state index in [2.05, 4.69) is 180 Å². The van der Waals surface area contributed by atoms with Gasteiger partial charge in [0.1, 0.15) is 16.9 Å². The van der Waals surface area contributed by atoms with E-state index >= 15 is 0 Å². The molecule has 0 amide bonds. The van der Waals surface area contributed by atoms with E-state index in [0.29, 0.717) is 30.1 Å². The molecule has 0 aliphatic carbocycles. The second-order valence-electron chi connectivity index (χ2n) is 13.6. The Morgan fingerprint density at radius 2 is 1.42 bits per heavy atom. The first-order valence-corrected chi connectivity index (χ1v) is 19.5. The number of fused-ring (bicyclic) bond motifs is 1. The molecule has 8 nitrogen and oxygen atoms in total. The van der Waals surface area contributed by atoms with Crippen molar-refractivity contribution >= 4 is 45.1 Å². The van der Waals surface area contributed by atoms with E-state index < -0.39 is 5.54 Å². The molecular formula is C46H41IN8. The van der Waals surface area contributed by atoms with E-state index in [0.717, 1.165) is 39.9 Å². The third-order valence-electron chi connectivity index (χ3n) is 9.89. The standard InChI is InChI=1S/C46H41IN8/c1-33-14-12-16-35(26-33)31-54-32-36(30-50-54)41(24-25-49-29-34-15-13-23-40(47)27-34)42-28-43(48-2)51-45-44(42)52-53-55(45)46(37-17-6-3-7-18-37,38-19-8-4-9-20-38)39-21-10-5-11-22-39/h3-24,26-28,30,32,49H,25,29,31H2,1-2H3,(H,48,51)/b41-24+. The Morgan fingerprint density at radius 3 is 2.05 bits per heavy atom. The Kier molecular flexibility index (Phi) is 10.6. The van der Waals surface area contributed by atoms with Crippen molar-refractivity contribution in [2.45, 2.75) is 25.6 Å². The maximum absolute atomic E-state index is 5.21. The lowest BCUT2D eigenvalue weighted by molar-refractivity contribution is 0.458. The van der Waals surface area contributed by atoms with Crippen molar-refractivity contribution in [3.63, 3.8) is 0 Å². The van der Waals surface area contributed by atoms with Crippen LogP contribution in [0, 0.1) is 10.5 Å². The highest BCUT2D eigenvalue weighted by molar-refractivity contribution is 14.1. The van der Waals surface area contributed by atoms with Crippen LogP contribution in [-0.4, -0.2) is 43.4 Å². The smallest absolute Gasteiger partial charge is 0.182 e.